The van der Waals surface area contributed by atoms with Gasteiger partial charge in [0.25, 0.3) is 0 Å². The molecule has 0 heterocycles. The zero-order valence-electron chi connectivity index (χ0n) is 22.2. The van der Waals surface area contributed by atoms with Gasteiger partial charge in [0.1, 0.15) is 0 Å². The summed E-state index contributed by atoms with van der Waals surface area (Å²) in [5, 5.41) is 8.54. The number of halogens is 6. The molecule has 0 saturated heterocycles. The number of Topliss-reactive ketones (excluding diaryl/α,β-unsaturated/α-hetero) is 1. The minimum atomic E-state index is -4.41. The van der Waals surface area contributed by atoms with Gasteiger partial charge in [0.05, 0.1) is 16.7 Å². The van der Waals surface area contributed by atoms with E-state index in [9.17, 15) is 35.9 Å². The van der Waals surface area contributed by atoms with Crippen molar-refractivity contribution in [1.82, 2.24) is 0 Å². The van der Waals surface area contributed by atoms with Crippen molar-refractivity contribution in [2.24, 2.45) is 0 Å². The lowest BCUT2D eigenvalue weighted by Gasteiger charge is -2.08. The second kappa shape index (κ2) is 14.9. The minimum absolute atomic E-state index is 0.0993. The van der Waals surface area contributed by atoms with Crippen LogP contribution in [0.4, 0.5) is 32.0 Å². The largest absolute Gasteiger partial charge is 0.478 e. The molecule has 4 aromatic rings. The first-order valence-electron chi connectivity index (χ1n) is 12.1. The Hall–Kier alpha value is -5.48. The van der Waals surface area contributed by atoms with E-state index in [4.69, 9.17) is 23.7 Å². The van der Waals surface area contributed by atoms with Crippen molar-refractivity contribution in [2.45, 2.75) is 18.8 Å². The van der Waals surface area contributed by atoms with E-state index in [2.05, 4.69) is 11.8 Å². The lowest BCUT2D eigenvalue weighted by Crippen LogP contribution is -2.08. The van der Waals surface area contributed by atoms with Crippen LogP contribution in [0.5, 0.6) is 0 Å². The molecule has 0 spiro atoms. The molecule has 0 aliphatic heterocycles. The van der Waals surface area contributed by atoms with Crippen molar-refractivity contribution in [1.29, 1.82) is 0 Å². The molecule has 0 bridgehead atoms. The molecule has 220 valence electrons. The summed E-state index contributed by atoms with van der Waals surface area (Å²) in [6, 6.07) is 22.1. The summed E-state index contributed by atoms with van der Waals surface area (Å²) in [5.74, 6) is 3.54. The number of carboxylic acid groups (broad SMARTS) is 1. The Morgan fingerprint density at radius 1 is 0.674 bits per heavy atom. The molecule has 0 amide bonds. The molecule has 4 nitrogen and oxygen atoms in total. The van der Waals surface area contributed by atoms with Gasteiger partial charge in [-0.25, -0.2) is 4.79 Å². The smallest absolute Gasteiger partial charge is 0.416 e. The molecule has 0 aromatic heterocycles. The number of rotatable bonds is 4. The number of hydrogen-bond acceptors (Lipinski definition) is 3. The topological polar surface area (TPSA) is 80.4 Å². The fraction of sp³-hybridized carbons (Fsp3) is 0.0909. The normalized spacial score (nSPS) is 10.5. The van der Waals surface area contributed by atoms with E-state index >= 15 is 0 Å². The van der Waals surface area contributed by atoms with Gasteiger partial charge >= 0.3 is 18.3 Å². The van der Waals surface area contributed by atoms with Crippen molar-refractivity contribution in [2.75, 3.05) is 5.73 Å². The van der Waals surface area contributed by atoms with Crippen molar-refractivity contribution in [3.63, 3.8) is 0 Å². The maximum Gasteiger partial charge on any atom is 0.416 e. The van der Waals surface area contributed by atoms with E-state index in [0.29, 0.717) is 22.3 Å². The Balaban J connectivity index is 0.000000247. The van der Waals surface area contributed by atoms with Crippen LogP contribution < -0.4 is 5.73 Å². The Labute approximate surface area is 243 Å². The lowest BCUT2D eigenvalue weighted by molar-refractivity contribution is -0.138. The minimum Gasteiger partial charge on any atom is -0.478 e. The van der Waals surface area contributed by atoms with Gasteiger partial charge in [-0.1, -0.05) is 54.3 Å². The summed E-state index contributed by atoms with van der Waals surface area (Å²) in [5.41, 5.74) is 5.89. The number of nitrogens with two attached hydrogens (primary N) is 1. The fourth-order valence-electron chi connectivity index (χ4n) is 3.38. The number of nitrogen functional groups attached to an aromatic ring is 1. The Kier molecular flexibility index (Phi) is 11.7. The van der Waals surface area contributed by atoms with Crippen LogP contribution in [0.1, 0.15) is 48.5 Å². The zero-order valence-corrected chi connectivity index (χ0v) is 22.2. The number of ketones is 1. The van der Waals surface area contributed by atoms with Crippen molar-refractivity contribution in [3.8, 4) is 24.7 Å². The summed E-state index contributed by atoms with van der Waals surface area (Å²) >= 11 is 0. The van der Waals surface area contributed by atoms with E-state index in [1.54, 1.807) is 36.4 Å². The van der Waals surface area contributed by atoms with Crippen LogP contribution in [0, 0.1) is 24.7 Å². The Morgan fingerprint density at radius 3 is 1.60 bits per heavy atom. The Morgan fingerprint density at radius 2 is 1.14 bits per heavy atom. The van der Waals surface area contributed by atoms with Gasteiger partial charge in [-0.05, 0) is 60.2 Å². The molecule has 4 aromatic carbocycles. The SMILES string of the molecule is C#Cc1cccc(C(=O)Cc2cccc(C(F)(F)F)c2)c1.C#Cc1cccc(C(=O)O)c1.Nc1cccc(C(F)(F)F)c1. The van der Waals surface area contributed by atoms with Crippen LogP contribution in [0.15, 0.2) is 97.1 Å². The number of aromatic carboxylic acids is 1. The summed E-state index contributed by atoms with van der Waals surface area (Å²) in [6.45, 7) is 0. The fourth-order valence-corrected chi connectivity index (χ4v) is 3.38. The molecule has 10 heteroatoms. The molecule has 0 fully saturated rings. The summed E-state index contributed by atoms with van der Waals surface area (Å²) < 4.78 is 73.6. The van der Waals surface area contributed by atoms with E-state index in [1.165, 1.54) is 36.4 Å². The third-order valence-electron chi connectivity index (χ3n) is 5.46. The average Bonchev–Trinajstić information content (AvgIpc) is 2.97. The van der Waals surface area contributed by atoms with E-state index in [1.807, 2.05) is 0 Å². The molecule has 43 heavy (non-hydrogen) atoms. The first-order chi connectivity index (χ1) is 20.1. The van der Waals surface area contributed by atoms with Gasteiger partial charge in [0, 0.05) is 28.8 Å². The van der Waals surface area contributed by atoms with Gasteiger partial charge in [-0.15, -0.1) is 12.8 Å². The van der Waals surface area contributed by atoms with E-state index in [-0.39, 0.29) is 23.5 Å². The number of alkyl halides is 6. The molecule has 0 atom stereocenters. The van der Waals surface area contributed by atoms with Gasteiger partial charge in [0.2, 0.25) is 0 Å². The quantitative estimate of drug-likeness (QED) is 0.109. The number of anilines is 1. The van der Waals surface area contributed by atoms with Gasteiger partial charge in [-0.2, -0.15) is 26.3 Å². The molecule has 0 unspecified atom stereocenters. The van der Waals surface area contributed by atoms with Gasteiger partial charge in [-0.3, -0.25) is 4.79 Å². The van der Waals surface area contributed by atoms with E-state index < -0.39 is 29.4 Å². The third kappa shape index (κ3) is 11.1. The first-order valence-corrected chi connectivity index (χ1v) is 12.1. The Bertz CT molecular complexity index is 1660. The zero-order chi connectivity index (χ0) is 32.2. The number of carbonyl (C=O) groups excluding carboxylic acids is 1. The number of hydrogen-bond donors (Lipinski definition) is 2. The predicted octanol–water partition coefficient (Wildman–Crippen LogP) is 7.77. The highest BCUT2D eigenvalue weighted by Gasteiger charge is 2.31. The van der Waals surface area contributed by atoms with Crippen molar-refractivity contribution in [3.05, 3.63) is 136 Å². The van der Waals surface area contributed by atoms with Crippen LogP contribution in [0.25, 0.3) is 0 Å². The van der Waals surface area contributed by atoms with Gasteiger partial charge in [0.15, 0.2) is 5.78 Å². The molecule has 0 radical (unpaired) electrons. The second-order valence-corrected chi connectivity index (χ2v) is 8.68. The molecular weight excluding hydrogens is 572 g/mol. The third-order valence-corrected chi connectivity index (χ3v) is 5.46. The predicted molar refractivity (Wildman–Crippen MR) is 151 cm³/mol. The van der Waals surface area contributed by atoms with Crippen LogP contribution in [-0.2, 0) is 18.8 Å². The summed E-state index contributed by atoms with van der Waals surface area (Å²) in [6.07, 6.45) is 1.52. The lowest BCUT2D eigenvalue weighted by atomic mass is 10.00. The number of terminal acetylenes is 2. The molecule has 0 aliphatic carbocycles. The highest BCUT2D eigenvalue weighted by Crippen LogP contribution is 2.30. The monoisotopic (exact) mass is 595 g/mol. The first kappa shape index (κ1) is 33.7. The molecule has 0 saturated carbocycles. The average molecular weight is 596 g/mol. The highest BCUT2D eigenvalue weighted by molar-refractivity contribution is 5.97. The maximum atomic E-state index is 12.6. The second-order valence-electron chi connectivity index (χ2n) is 8.68. The maximum absolute atomic E-state index is 12.6. The van der Waals surface area contributed by atoms with E-state index in [0.717, 1.165) is 24.3 Å². The number of carboxylic acids is 1. The number of benzene rings is 4. The van der Waals surface area contributed by atoms with Crippen LogP contribution >= 0.6 is 0 Å². The molecule has 3 N–H and O–H groups in total. The molecule has 4 rings (SSSR count). The number of carbonyl (C=O) groups is 2. The summed E-state index contributed by atoms with van der Waals surface area (Å²) in [4.78, 5) is 22.5. The van der Waals surface area contributed by atoms with Crippen LogP contribution in [0.3, 0.4) is 0 Å². The van der Waals surface area contributed by atoms with Crippen LogP contribution in [0.2, 0.25) is 0 Å². The van der Waals surface area contributed by atoms with Crippen molar-refractivity contribution >= 4 is 17.4 Å². The van der Waals surface area contributed by atoms with Crippen LogP contribution in [-0.4, -0.2) is 16.9 Å². The standard InChI is InChI=1S/C17H11F3O.C9H6O2.C7H6F3N/c1-2-12-5-3-7-14(9-12)16(21)11-13-6-4-8-15(10-13)17(18,19)20;1-2-7-4-3-5-8(6-7)9(10)11;8-7(9,10)5-2-1-3-6(11)4-5/h1,3-10H,11H2;1,3-6H,(H,10,11);1-4H,11H2. The molecule has 0 aliphatic rings. The highest BCUT2D eigenvalue weighted by atomic mass is 19.4. The molecular formula is C33H23F6NO3. The van der Waals surface area contributed by atoms with Crippen molar-refractivity contribution < 1.29 is 41.0 Å². The van der Waals surface area contributed by atoms with Gasteiger partial charge < -0.3 is 10.8 Å². The summed E-state index contributed by atoms with van der Waals surface area (Å²) in [7, 11) is 0.